The highest BCUT2D eigenvalue weighted by Gasteiger charge is 2.34. The van der Waals surface area contributed by atoms with Gasteiger partial charge in [0.05, 0.1) is 5.52 Å². The van der Waals surface area contributed by atoms with Crippen LogP contribution in [0.5, 0.6) is 0 Å². The summed E-state index contributed by atoms with van der Waals surface area (Å²) in [6, 6.07) is 5.16. The fourth-order valence-corrected chi connectivity index (χ4v) is 4.26. The van der Waals surface area contributed by atoms with E-state index in [1.165, 1.54) is 31.7 Å². The molecule has 0 saturated heterocycles. The molecule has 1 aromatic carbocycles. The van der Waals surface area contributed by atoms with Crippen molar-refractivity contribution in [3.05, 3.63) is 28.8 Å². The van der Waals surface area contributed by atoms with Crippen LogP contribution in [0, 0.1) is 10.6 Å². The number of aromatic amines is 1. The van der Waals surface area contributed by atoms with Gasteiger partial charge in [-0.15, -0.1) is 0 Å². The van der Waals surface area contributed by atoms with E-state index in [4.69, 9.17) is 12.2 Å². The van der Waals surface area contributed by atoms with E-state index in [1.54, 1.807) is 6.07 Å². The van der Waals surface area contributed by atoms with Crippen molar-refractivity contribution in [2.75, 3.05) is 6.26 Å². The molecule has 1 aliphatic carbocycles. The van der Waals surface area contributed by atoms with Crippen molar-refractivity contribution in [1.29, 1.82) is 0 Å². The van der Waals surface area contributed by atoms with Crippen molar-refractivity contribution in [1.82, 2.24) is 9.55 Å². The van der Waals surface area contributed by atoms with Crippen LogP contribution in [0.4, 0.5) is 4.39 Å². The zero-order valence-corrected chi connectivity index (χ0v) is 12.5. The second kappa shape index (κ2) is 4.94. The number of rotatable bonds is 3. The smallest absolute Gasteiger partial charge is 0.178 e. The first-order chi connectivity index (χ1) is 9.15. The third-order valence-corrected chi connectivity index (χ3v) is 5.88. The monoisotopic (exact) mass is 296 g/mol. The Hall–Kier alpha value is -0.810. The first-order valence-corrected chi connectivity index (χ1v) is 8.21. The Morgan fingerprint density at radius 2 is 2.16 bits per heavy atom. The summed E-state index contributed by atoms with van der Waals surface area (Å²) in [6.45, 7) is 0.871. The summed E-state index contributed by atoms with van der Waals surface area (Å²) in [5, 5.41) is 0. The van der Waals surface area contributed by atoms with Crippen molar-refractivity contribution in [2.45, 2.75) is 37.0 Å². The summed E-state index contributed by atoms with van der Waals surface area (Å²) in [5.74, 6) is -0.230. The minimum atomic E-state index is -0.230. The molecule has 0 spiro atoms. The molecule has 0 amide bonds. The van der Waals surface area contributed by atoms with E-state index in [0.717, 1.165) is 12.1 Å². The second-order valence-corrected chi connectivity index (χ2v) is 6.91. The van der Waals surface area contributed by atoms with E-state index in [-0.39, 0.29) is 10.6 Å². The van der Waals surface area contributed by atoms with Crippen molar-refractivity contribution >= 4 is 35.0 Å². The molecule has 0 atom stereocenters. The van der Waals surface area contributed by atoms with Crippen LogP contribution in [-0.2, 0) is 6.54 Å². The van der Waals surface area contributed by atoms with Gasteiger partial charge in [0.1, 0.15) is 11.3 Å². The molecule has 5 heteroatoms. The van der Waals surface area contributed by atoms with Crippen molar-refractivity contribution < 1.29 is 4.39 Å². The van der Waals surface area contributed by atoms with E-state index in [2.05, 4.69) is 15.8 Å². The molecule has 3 rings (SSSR count). The standard InChI is InChI=1S/C14H17FN2S2/c1-19-14(7-2-3-8-14)9-17-11-6-4-5-10(15)12(11)16-13(17)18/h4-6H,2-3,7-9H2,1H3,(H,16,18). The molecule has 0 bridgehead atoms. The Morgan fingerprint density at radius 1 is 1.42 bits per heavy atom. The van der Waals surface area contributed by atoms with Crippen LogP contribution in [0.15, 0.2) is 18.2 Å². The Labute approximate surface area is 121 Å². The van der Waals surface area contributed by atoms with Gasteiger partial charge in [-0.2, -0.15) is 11.8 Å². The maximum atomic E-state index is 13.8. The van der Waals surface area contributed by atoms with Crippen molar-refractivity contribution in [2.24, 2.45) is 0 Å². The minimum Gasteiger partial charge on any atom is -0.328 e. The molecule has 1 aromatic heterocycles. The zero-order chi connectivity index (χ0) is 13.5. The highest BCUT2D eigenvalue weighted by molar-refractivity contribution is 8.00. The van der Waals surface area contributed by atoms with E-state index in [0.29, 0.717) is 10.3 Å². The number of aromatic nitrogens is 2. The molecule has 1 aliphatic rings. The van der Waals surface area contributed by atoms with Crippen molar-refractivity contribution in [3.8, 4) is 0 Å². The van der Waals surface area contributed by atoms with Crippen LogP contribution < -0.4 is 0 Å². The van der Waals surface area contributed by atoms with Gasteiger partial charge in [0.2, 0.25) is 0 Å². The predicted octanol–water partition coefficient (Wildman–Crippen LogP) is 4.51. The van der Waals surface area contributed by atoms with Gasteiger partial charge in [-0.05, 0) is 43.4 Å². The molecule has 0 aliphatic heterocycles. The van der Waals surface area contributed by atoms with Gasteiger partial charge in [-0.25, -0.2) is 4.39 Å². The average molecular weight is 296 g/mol. The average Bonchev–Trinajstić information content (AvgIpc) is 2.99. The van der Waals surface area contributed by atoms with Gasteiger partial charge in [0.15, 0.2) is 4.77 Å². The molecule has 19 heavy (non-hydrogen) atoms. The molecular formula is C14H17FN2S2. The largest absolute Gasteiger partial charge is 0.328 e. The van der Waals surface area contributed by atoms with Crippen LogP contribution in [0.3, 0.4) is 0 Å². The van der Waals surface area contributed by atoms with Gasteiger partial charge in [-0.3, -0.25) is 0 Å². The molecule has 0 radical (unpaired) electrons. The van der Waals surface area contributed by atoms with Crippen LogP contribution in [0.25, 0.3) is 11.0 Å². The quantitative estimate of drug-likeness (QED) is 0.841. The Morgan fingerprint density at radius 3 is 2.84 bits per heavy atom. The highest BCUT2D eigenvalue weighted by Crippen LogP contribution is 2.42. The fourth-order valence-electron chi connectivity index (χ4n) is 3.04. The van der Waals surface area contributed by atoms with Crippen LogP contribution in [0.2, 0.25) is 0 Å². The number of fused-ring (bicyclic) bond motifs is 1. The molecule has 102 valence electrons. The molecule has 1 fully saturated rings. The van der Waals surface area contributed by atoms with E-state index in [9.17, 15) is 4.39 Å². The van der Waals surface area contributed by atoms with Crippen LogP contribution >= 0.6 is 24.0 Å². The number of thioether (sulfide) groups is 1. The summed E-state index contributed by atoms with van der Waals surface area (Å²) >= 11 is 7.30. The molecule has 1 heterocycles. The fraction of sp³-hybridized carbons (Fsp3) is 0.500. The van der Waals surface area contributed by atoms with E-state index < -0.39 is 0 Å². The molecule has 2 nitrogen and oxygen atoms in total. The summed E-state index contributed by atoms with van der Waals surface area (Å²) in [5.41, 5.74) is 1.41. The SMILES string of the molecule is CSC1(Cn2c(=S)[nH]c3c(F)cccc32)CCCC1. The first-order valence-electron chi connectivity index (χ1n) is 6.57. The van der Waals surface area contributed by atoms with Crippen LogP contribution in [0.1, 0.15) is 25.7 Å². The van der Waals surface area contributed by atoms with Crippen LogP contribution in [-0.4, -0.2) is 20.6 Å². The molecule has 1 saturated carbocycles. The zero-order valence-electron chi connectivity index (χ0n) is 10.9. The third-order valence-electron chi connectivity index (χ3n) is 4.15. The normalized spacial score (nSPS) is 18.2. The lowest BCUT2D eigenvalue weighted by atomic mass is 10.1. The third kappa shape index (κ3) is 2.23. The minimum absolute atomic E-state index is 0.230. The van der Waals surface area contributed by atoms with Gasteiger partial charge in [-0.1, -0.05) is 18.9 Å². The number of hydrogen-bond acceptors (Lipinski definition) is 2. The number of benzene rings is 1. The molecule has 0 unspecified atom stereocenters. The number of para-hydroxylation sites is 1. The summed E-state index contributed by atoms with van der Waals surface area (Å²) in [7, 11) is 0. The Balaban J connectivity index is 2.08. The van der Waals surface area contributed by atoms with Gasteiger partial charge in [0, 0.05) is 11.3 Å². The number of H-pyrrole nitrogens is 1. The van der Waals surface area contributed by atoms with Crippen molar-refractivity contribution in [3.63, 3.8) is 0 Å². The maximum Gasteiger partial charge on any atom is 0.178 e. The number of nitrogens with zero attached hydrogens (tertiary/aromatic N) is 1. The second-order valence-electron chi connectivity index (χ2n) is 5.24. The number of imidazole rings is 1. The topological polar surface area (TPSA) is 20.7 Å². The lowest BCUT2D eigenvalue weighted by molar-refractivity contribution is 0.510. The van der Waals surface area contributed by atoms with E-state index >= 15 is 0 Å². The lowest BCUT2D eigenvalue weighted by Crippen LogP contribution is -2.26. The number of hydrogen-bond donors (Lipinski definition) is 1. The molecule has 1 N–H and O–H groups in total. The molecule has 2 aromatic rings. The maximum absolute atomic E-state index is 13.8. The highest BCUT2D eigenvalue weighted by atomic mass is 32.2. The summed E-state index contributed by atoms with van der Waals surface area (Å²) in [6.07, 6.45) is 7.18. The summed E-state index contributed by atoms with van der Waals surface area (Å²) in [4.78, 5) is 3.00. The lowest BCUT2D eigenvalue weighted by Gasteiger charge is -2.27. The summed E-state index contributed by atoms with van der Waals surface area (Å²) < 4.78 is 16.7. The first kappa shape index (κ1) is 13.2. The Bertz CT molecular complexity index is 653. The van der Waals surface area contributed by atoms with Gasteiger partial charge >= 0.3 is 0 Å². The van der Waals surface area contributed by atoms with E-state index in [1.807, 2.05) is 17.8 Å². The van der Waals surface area contributed by atoms with Gasteiger partial charge in [0.25, 0.3) is 0 Å². The number of nitrogens with one attached hydrogen (secondary N) is 1. The number of halogens is 1. The molecular weight excluding hydrogens is 279 g/mol. The predicted molar refractivity (Wildman–Crippen MR) is 81.8 cm³/mol. The van der Waals surface area contributed by atoms with Gasteiger partial charge < -0.3 is 9.55 Å². The Kier molecular flexibility index (Phi) is 3.43.